The maximum Gasteiger partial charge on any atom is 0.235 e. The van der Waals surface area contributed by atoms with Gasteiger partial charge in [-0.25, -0.2) is 0 Å². The van der Waals surface area contributed by atoms with Gasteiger partial charge in [0, 0.05) is 18.7 Å². The Morgan fingerprint density at radius 3 is 2.78 bits per heavy atom. The highest BCUT2D eigenvalue weighted by Gasteiger charge is 2.18. The molecule has 0 unspecified atom stereocenters. The minimum absolute atomic E-state index is 0.812. The molecule has 6 heteroatoms. The summed E-state index contributed by atoms with van der Waals surface area (Å²) in [4.78, 5) is 3.34. The molecule has 0 saturated heterocycles. The lowest BCUT2D eigenvalue weighted by Crippen LogP contribution is -2.29. The average molecular weight is 325 g/mol. The molecule has 23 heavy (non-hydrogen) atoms. The maximum absolute atomic E-state index is 4.77. The summed E-state index contributed by atoms with van der Waals surface area (Å²) in [6, 6.07) is 10.1. The van der Waals surface area contributed by atoms with Crippen molar-refractivity contribution in [1.82, 2.24) is 24.7 Å². The molecule has 0 saturated carbocycles. The zero-order chi connectivity index (χ0) is 15.6. The van der Waals surface area contributed by atoms with Crippen molar-refractivity contribution in [2.24, 2.45) is 0 Å². The van der Waals surface area contributed by atoms with E-state index in [2.05, 4.69) is 28.1 Å². The molecule has 0 atom stereocenters. The second kappa shape index (κ2) is 6.22. The van der Waals surface area contributed by atoms with Gasteiger partial charge in [-0.3, -0.25) is 4.90 Å². The van der Waals surface area contributed by atoms with E-state index in [0.717, 1.165) is 40.9 Å². The first-order valence-corrected chi connectivity index (χ1v) is 8.86. The predicted octanol–water partition coefficient (Wildman–Crippen LogP) is 3.35. The largest absolute Gasteiger partial charge is 0.299 e. The van der Waals surface area contributed by atoms with Gasteiger partial charge < -0.3 is 0 Å². The second-order valence-corrected chi connectivity index (χ2v) is 6.73. The fraction of sp³-hybridized carbons (Fsp3) is 0.353. The van der Waals surface area contributed by atoms with E-state index in [-0.39, 0.29) is 0 Å². The van der Waals surface area contributed by atoms with Gasteiger partial charge >= 0.3 is 0 Å². The van der Waals surface area contributed by atoms with Crippen LogP contribution in [0.3, 0.4) is 0 Å². The molecule has 4 rings (SSSR count). The van der Waals surface area contributed by atoms with Gasteiger partial charge in [-0.15, -0.1) is 10.2 Å². The first-order chi connectivity index (χ1) is 11.3. The Kier molecular flexibility index (Phi) is 3.93. The molecule has 1 aromatic carbocycles. The van der Waals surface area contributed by atoms with E-state index in [4.69, 9.17) is 5.10 Å². The van der Waals surface area contributed by atoms with Crippen LogP contribution in [0.4, 0.5) is 0 Å². The lowest BCUT2D eigenvalue weighted by atomic mass is 10.1. The van der Waals surface area contributed by atoms with Gasteiger partial charge in [0.1, 0.15) is 5.01 Å². The van der Waals surface area contributed by atoms with Gasteiger partial charge in [0.2, 0.25) is 4.96 Å². The zero-order valence-corrected chi connectivity index (χ0v) is 14.0. The highest BCUT2D eigenvalue weighted by molar-refractivity contribution is 7.17. The van der Waals surface area contributed by atoms with Crippen molar-refractivity contribution in [2.45, 2.75) is 19.8 Å². The van der Waals surface area contributed by atoms with Crippen LogP contribution >= 0.6 is 11.3 Å². The van der Waals surface area contributed by atoms with E-state index in [1.165, 1.54) is 18.5 Å². The topological polar surface area (TPSA) is 46.3 Å². The molecule has 1 aliphatic rings. The summed E-state index contributed by atoms with van der Waals surface area (Å²) in [6.45, 7) is 5.54. The fourth-order valence-corrected chi connectivity index (χ4v) is 3.85. The Morgan fingerprint density at radius 2 is 2.04 bits per heavy atom. The van der Waals surface area contributed by atoms with Gasteiger partial charge in [-0.05, 0) is 25.0 Å². The molecule has 0 spiro atoms. The molecule has 118 valence electrons. The molecule has 0 radical (unpaired) electrons. The van der Waals surface area contributed by atoms with Crippen LogP contribution in [-0.4, -0.2) is 44.3 Å². The van der Waals surface area contributed by atoms with Crippen LogP contribution in [0.15, 0.2) is 36.4 Å². The van der Waals surface area contributed by atoms with Crippen molar-refractivity contribution in [3.8, 4) is 11.4 Å². The van der Waals surface area contributed by atoms with E-state index in [9.17, 15) is 0 Å². The van der Waals surface area contributed by atoms with Crippen LogP contribution in [-0.2, 0) is 0 Å². The predicted molar refractivity (Wildman–Crippen MR) is 93.4 cm³/mol. The summed E-state index contributed by atoms with van der Waals surface area (Å²) in [7, 11) is 0. The average Bonchev–Trinajstić information content (AvgIpc) is 3.17. The Balaban J connectivity index is 1.65. The van der Waals surface area contributed by atoms with Crippen LogP contribution in [0, 0.1) is 0 Å². The van der Waals surface area contributed by atoms with Crippen LogP contribution < -0.4 is 0 Å². The Morgan fingerprint density at radius 1 is 1.17 bits per heavy atom. The Bertz CT molecular complexity index is 833. The van der Waals surface area contributed by atoms with Crippen molar-refractivity contribution in [2.75, 3.05) is 19.6 Å². The summed E-state index contributed by atoms with van der Waals surface area (Å²) in [6.07, 6.45) is 4.58. The molecule has 0 amide bonds. The lowest BCUT2D eigenvalue weighted by molar-refractivity contribution is 0.302. The first-order valence-electron chi connectivity index (χ1n) is 8.04. The Labute approximate surface area is 139 Å². The summed E-state index contributed by atoms with van der Waals surface area (Å²) < 4.78 is 1.87. The molecule has 0 aliphatic carbocycles. The minimum atomic E-state index is 0.812. The van der Waals surface area contributed by atoms with Gasteiger partial charge in [0.05, 0.1) is 0 Å². The number of aromatic nitrogens is 4. The smallest absolute Gasteiger partial charge is 0.235 e. The van der Waals surface area contributed by atoms with Crippen molar-refractivity contribution in [3.63, 3.8) is 0 Å². The standard InChI is InChI=1S/C17H19N5S/c1-2-10-21-11-8-14(9-12-21)16-20-22-15(18-19-17(22)23-16)13-6-4-3-5-7-13/h3-8H,2,9-12H2,1H3. The second-order valence-electron chi connectivity index (χ2n) is 5.77. The van der Waals surface area contributed by atoms with E-state index in [1.807, 2.05) is 34.8 Å². The zero-order valence-electron chi connectivity index (χ0n) is 13.1. The fourth-order valence-electron chi connectivity index (χ4n) is 2.94. The summed E-state index contributed by atoms with van der Waals surface area (Å²) in [5.74, 6) is 0.812. The summed E-state index contributed by atoms with van der Waals surface area (Å²) in [5.41, 5.74) is 2.38. The molecular formula is C17H19N5S. The highest BCUT2D eigenvalue weighted by atomic mass is 32.1. The highest BCUT2D eigenvalue weighted by Crippen LogP contribution is 2.28. The van der Waals surface area contributed by atoms with Crippen molar-refractivity contribution in [3.05, 3.63) is 41.4 Å². The van der Waals surface area contributed by atoms with E-state index in [1.54, 1.807) is 11.3 Å². The SMILES string of the molecule is CCCN1CC=C(c2nn3c(-c4ccccc4)nnc3s2)CC1. The molecule has 2 aromatic heterocycles. The first kappa shape index (κ1) is 14.5. The van der Waals surface area contributed by atoms with Crippen LogP contribution in [0.5, 0.6) is 0 Å². The molecule has 3 aromatic rings. The molecule has 5 nitrogen and oxygen atoms in total. The molecule has 0 N–H and O–H groups in total. The molecule has 3 heterocycles. The molecule has 0 fully saturated rings. The monoisotopic (exact) mass is 325 g/mol. The number of benzene rings is 1. The third-order valence-electron chi connectivity index (χ3n) is 4.13. The van der Waals surface area contributed by atoms with Gasteiger partial charge in [-0.1, -0.05) is 54.7 Å². The lowest BCUT2D eigenvalue weighted by Gasteiger charge is -2.24. The summed E-state index contributed by atoms with van der Waals surface area (Å²) >= 11 is 1.63. The van der Waals surface area contributed by atoms with E-state index in [0.29, 0.717) is 0 Å². The van der Waals surface area contributed by atoms with Crippen LogP contribution in [0.2, 0.25) is 0 Å². The quantitative estimate of drug-likeness (QED) is 0.738. The van der Waals surface area contributed by atoms with Gasteiger partial charge in [0.15, 0.2) is 5.82 Å². The number of nitrogens with zero attached hydrogens (tertiary/aromatic N) is 5. The molecular weight excluding hydrogens is 306 g/mol. The third kappa shape index (κ3) is 2.80. The molecule has 0 bridgehead atoms. The van der Waals surface area contributed by atoms with Crippen LogP contribution in [0.1, 0.15) is 24.8 Å². The van der Waals surface area contributed by atoms with Crippen LogP contribution in [0.25, 0.3) is 21.9 Å². The normalized spacial score (nSPS) is 16.0. The number of rotatable bonds is 4. The maximum atomic E-state index is 4.77. The summed E-state index contributed by atoms with van der Waals surface area (Å²) in [5, 5.41) is 14.4. The minimum Gasteiger partial charge on any atom is -0.299 e. The Hall–Kier alpha value is -2.05. The van der Waals surface area contributed by atoms with Crippen molar-refractivity contribution in [1.29, 1.82) is 0 Å². The third-order valence-corrected chi connectivity index (χ3v) is 5.10. The number of hydrogen-bond donors (Lipinski definition) is 0. The van der Waals surface area contributed by atoms with E-state index < -0.39 is 0 Å². The number of fused-ring (bicyclic) bond motifs is 1. The van der Waals surface area contributed by atoms with Gasteiger partial charge in [0.25, 0.3) is 0 Å². The van der Waals surface area contributed by atoms with Crippen molar-refractivity contribution >= 4 is 21.9 Å². The van der Waals surface area contributed by atoms with Crippen molar-refractivity contribution < 1.29 is 0 Å². The van der Waals surface area contributed by atoms with E-state index >= 15 is 0 Å². The van der Waals surface area contributed by atoms with Gasteiger partial charge in [-0.2, -0.15) is 9.61 Å². The molecule has 1 aliphatic heterocycles. The number of hydrogen-bond acceptors (Lipinski definition) is 5.